The van der Waals surface area contributed by atoms with Gasteiger partial charge in [-0.2, -0.15) is 18.3 Å². The summed E-state index contributed by atoms with van der Waals surface area (Å²) in [4.78, 5) is 25.8. The van der Waals surface area contributed by atoms with Crippen LogP contribution in [0.3, 0.4) is 0 Å². The van der Waals surface area contributed by atoms with E-state index in [0.29, 0.717) is 6.42 Å². The molecule has 13 heteroatoms. The highest BCUT2D eigenvalue weighted by Crippen LogP contribution is 2.39. The van der Waals surface area contributed by atoms with Crippen molar-refractivity contribution in [2.24, 2.45) is 0 Å². The quantitative estimate of drug-likeness (QED) is 0.137. The molecule has 0 radical (unpaired) electrons. The molecule has 2 aromatic carbocycles. The van der Waals surface area contributed by atoms with E-state index in [0.717, 1.165) is 12.1 Å². The molecule has 0 aliphatic carbocycles. The van der Waals surface area contributed by atoms with E-state index in [-0.39, 0.29) is 58.6 Å². The molecule has 5 rings (SSSR count). The zero-order valence-electron chi connectivity index (χ0n) is 22.9. The number of esters is 1. The van der Waals surface area contributed by atoms with Gasteiger partial charge in [0, 0.05) is 17.3 Å². The fourth-order valence-electron chi connectivity index (χ4n) is 4.41. The number of hydrogen-bond acceptors (Lipinski definition) is 7. The Balaban J connectivity index is 1.52. The van der Waals surface area contributed by atoms with Crippen LogP contribution in [0.2, 0.25) is 0 Å². The number of fused-ring (bicyclic) bond motifs is 1. The third kappa shape index (κ3) is 6.15. The molecule has 3 aromatic rings. The highest BCUT2D eigenvalue weighted by atomic mass is 19.4. The first-order valence-corrected chi connectivity index (χ1v) is 13.2. The van der Waals surface area contributed by atoms with Gasteiger partial charge in [0.15, 0.2) is 23.5 Å². The van der Waals surface area contributed by atoms with Gasteiger partial charge >= 0.3 is 12.1 Å². The monoisotopic (exact) mass is 597 g/mol. The molecule has 0 saturated carbocycles. The Kier molecular flexibility index (Phi) is 8.33. The van der Waals surface area contributed by atoms with Crippen molar-refractivity contribution < 1.29 is 36.2 Å². The van der Waals surface area contributed by atoms with Gasteiger partial charge in [0.05, 0.1) is 42.4 Å². The number of halogens is 5. The number of rotatable bonds is 9. The topological polar surface area (TPSA) is 92.0 Å². The van der Waals surface area contributed by atoms with Crippen molar-refractivity contribution in [2.75, 3.05) is 13.2 Å². The number of hydrogen-bond donors (Lipinski definition) is 0. The molecule has 0 N–H and O–H groups in total. The number of alkyl halides is 3. The summed E-state index contributed by atoms with van der Waals surface area (Å²) in [6, 6.07) is 8.92. The highest BCUT2D eigenvalue weighted by molar-refractivity contribution is 5.78. The number of nitrogens with zero attached hydrogens (tertiary/aromatic N) is 5. The van der Waals surface area contributed by atoms with Crippen LogP contribution in [0.5, 0.6) is 5.75 Å². The summed E-state index contributed by atoms with van der Waals surface area (Å²) in [7, 11) is 0. The molecule has 0 saturated heterocycles. The predicted molar refractivity (Wildman–Crippen MR) is 145 cm³/mol. The third-order valence-corrected chi connectivity index (χ3v) is 6.40. The Morgan fingerprint density at radius 3 is 2.44 bits per heavy atom. The summed E-state index contributed by atoms with van der Waals surface area (Å²) in [5.74, 6) is -2.85. The van der Waals surface area contributed by atoms with Crippen molar-refractivity contribution in [3.05, 3.63) is 89.9 Å². The van der Waals surface area contributed by atoms with Gasteiger partial charge in [-0.05, 0) is 49.7 Å². The Hall–Kier alpha value is -4.94. The molecule has 1 atom stereocenters. The number of imidazole rings is 1. The Bertz CT molecular complexity index is 1720. The van der Waals surface area contributed by atoms with Crippen molar-refractivity contribution in [2.45, 2.75) is 32.5 Å². The van der Waals surface area contributed by atoms with Gasteiger partial charge < -0.3 is 9.47 Å². The molecule has 1 unspecified atom stereocenters. The minimum absolute atomic E-state index is 0.0257. The van der Waals surface area contributed by atoms with Crippen molar-refractivity contribution in [3.8, 4) is 39.8 Å². The average molecular weight is 598 g/mol. The summed E-state index contributed by atoms with van der Waals surface area (Å²) in [5, 5.41) is 4.25. The van der Waals surface area contributed by atoms with Crippen LogP contribution in [0, 0.1) is 11.6 Å². The molecule has 43 heavy (non-hydrogen) atoms. The van der Waals surface area contributed by atoms with Gasteiger partial charge in [0.25, 0.3) is 0 Å². The number of ether oxygens (including phenoxy) is 2. The summed E-state index contributed by atoms with van der Waals surface area (Å²) < 4.78 is 81.7. The maximum Gasteiger partial charge on any atom is 0.417 e. The summed E-state index contributed by atoms with van der Waals surface area (Å²) in [6.07, 6.45) is -0.0811. The first-order valence-electron chi connectivity index (χ1n) is 13.2. The molecule has 2 aliphatic heterocycles. The lowest BCUT2D eigenvalue weighted by Crippen LogP contribution is -2.25. The van der Waals surface area contributed by atoms with E-state index >= 15 is 0 Å². The Morgan fingerprint density at radius 1 is 0.953 bits per heavy atom. The molecular formula is C30H24F5N5O3. The molecule has 222 valence electrons. The van der Waals surface area contributed by atoms with Crippen molar-refractivity contribution >= 4 is 5.97 Å². The SMILES string of the molecule is CCCOc1ccc(-c2ccc(C(C(=O)OCC)n3cc4nc(-c5cccc(F)c5F)nc-4cn3)cn2)c(C(F)(F)F)c1. The minimum Gasteiger partial charge on any atom is -0.494 e. The average Bonchev–Trinajstić information content (AvgIpc) is 3.41. The van der Waals surface area contributed by atoms with E-state index in [1.54, 1.807) is 6.92 Å². The fraction of sp³-hybridized carbons (Fsp3) is 0.233. The fourth-order valence-corrected chi connectivity index (χ4v) is 4.41. The van der Waals surface area contributed by atoms with Crippen LogP contribution < -0.4 is 4.74 Å². The van der Waals surface area contributed by atoms with Crippen LogP contribution in [-0.4, -0.2) is 43.9 Å². The number of pyridine rings is 1. The summed E-state index contributed by atoms with van der Waals surface area (Å²) >= 11 is 0. The number of carbonyl (C=O) groups is 1. The minimum atomic E-state index is -4.67. The standard InChI is InChI=1S/C30H24F5N5O3/c1-3-12-43-18-9-10-19(21(13-18)30(33,34)35)23-11-8-17(14-36-23)27(29(41)42-4-2)40-16-25-24(15-37-40)38-28(39-25)20-6-5-7-22(31)26(20)32/h5-11,13-16,27H,3-4,12H2,1-2H3. The molecule has 2 aliphatic rings. The first kappa shape index (κ1) is 29.5. The summed E-state index contributed by atoms with van der Waals surface area (Å²) in [6.45, 7) is 3.78. The lowest BCUT2D eigenvalue weighted by atomic mass is 10.0. The Morgan fingerprint density at radius 2 is 1.74 bits per heavy atom. The normalized spacial score (nSPS) is 12.3. The molecule has 1 aromatic heterocycles. The molecule has 0 fully saturated rings. The summed E-state index contributed by atoms with van der Waals surface area (Å²) in [5.41, 5.74) is -0.432. The van der Waals surface area contributed by atoms with Gasteiger partial charge in [-0.25, -0.2) is 23.5 Å². The number of aromatic nitrogens is 5. The maximum absolute atomic E-state index is 14.3. The van der Waals surface area contributed by atoms with Gasteiger partial charge in [-0.3, -0.25) is 9.67 Å². The molecule has 8 nitrogen and oxygen atoms in total. The van der Waals surface area contributed by atoms with Gasteiger partial charge in [-0.15, -0.1) is 0 Å². The second-order valence-electron chi connectivity index (χ2n) is 9.36. The van der Waals surface area contributed by atoms with Crippen molar-refractivity contribution in [1.29, 1.82) is 0 Å². The van der Waals surface area contributed by atoms with Crippen LogP contribution in [0.4, 0.5) is 22.0 Å². The first-order chi connectivity index (χ1) is 20.6. The lowest BCUT2D eigenvalue weighted by molar-refractivity contribution is -0.146. The van der Waals surface area contributed by atoms with Gasteiger partial charge in [0.2, 0.25) is 0 Å². The molecule has 0 spiro atoms. The van der Waals surface area contributed by atoms with Crippen LogP contribution >= 0.6 is 0 Å². The predicted octanol–water partition coefficient (Wildman–Crippen LogP) is 6.75. The molecule has 3 heterocycles. The van der Waals surface area contributed by atoms with Crippen LogP contribution in [0.1, 0.15) is 37.4 Å². The highest BCUT2D eigenvalue weighted by Gasteiger charge is 2.35. The van der Waals surface area contributed by atoms with E-state index in [4.69, 9.17) is 9.47 Å². The maximum atomic E-state index is 14.3. The van der Waals surface area contributed by atoms with E-state index in [9.17, 15) is 26.7 Å². The van der Waals surface area contributed by atoms with Gasteiger partial charge in [-0.1, -0.05) is 19.1 Å². The van der Waals surface area contributed by atoms with E-state index in [1.807, 2.05) is 6.92 Å². The van der Waals surface area contributed by atoms with Crippen molar-refractivity contribution in [3.63, 3.8) is 0 Å². The van der Waals surface area contributed by atoms with E-state index < -0.39 is 35.4 Å². The van der Waals surface area contributed by atoms with Gasteiger partial charge in [0.1, 0.15) is 17.1 Å². The number of benzene rings is 2. The molecule has 0 amide bonds. The second kappa shape index (κ2) is 12.1. The third-order valence-electron chi connectivity index (χ3n) is 6.40. The van der Waals surface area contributed by atoms with E-state index in [1.165, 1.54) is 59.7 Å². The smallest absolute Gasteiger partial charge is 0.417 e. The second-order valence-corrected chi connectivity index (χ2v) is 9.36. The van der Waals surface area contributed by atoms with Crippen LogP contribution in [0.25, 0.3) is 34.0 Å². The molecule has 0 bridgehead atoms. The largest absolute Gasteiger partial charge is 0.494 e. The zero-order chi connectivity index (χ0) is 30.7. The lowest BCUT2D eigenvalue weighted by Gasteiger charge is -2.19. The number of carbonyl (C=O) groups excluding carboxylic acids is 1. The van der Waals surface area contributed by atoms with Crippen molar-refractivity contribution in [1.82, 2.24) is 24.7 Å². The van der Waals surface area contributed by atoms with E-state index in [2.05, 4.69) is 20.1 Å². The molecular weight excluding hydrogens is 573 g/mol. The Labute approximate surface area is 242 Å². The van der Waals surface area contributed by atoms with Crippen LogP contribution in [-0.2, 0) is 15.7 Å². The zero-order valence-corrected chi connectivity index (χ0v) is 22.9. The van der Waals surface area contributed by atoms with Crippen LogP contribution in [0.15, 0.2) is 67.1 Å².